The van der Waals surface area contributed by atoms with Gasteiger partial charge in [0.25, 0.3) is 5.91 Å². The molecule has 0 bridgehead atoms. The van der Waals surface area contributed by atoms with Crippen molar-refractivity contribution in [1.29, 1.82) is 0 Å². The van der Waals surface area contributed by atoms with Crippen LogP contribution in [-0.4, -0.2) is 15.9 Å². The molecule has 9 heteroatoms. The minimum atomic E-state index is -1.02. The molecule has 132 valence electrons. The van der Waals surface area contributed by atoms with Crippen molar-refractivity contribution >= 4 is 34.7 Å². The molecule has 0 unspecified atom stereocenters. The number of amides is 1. The second-order valence-corrected chi connectivity index (χ2v) is 5.53. The third-order valence-electron chi connectivity index (χ3n) is 3.27. The number of nitrogens with one attached hydrogen (secondary N) is 2. The number of hydrogen-bond acceptors (Lipinski definition) is 4. The molecular formula is C17H10ClF3N4O. The van der Waals surface area contributed by atoms with Gasteiger partial charge < -0.3 is 10.6 Å². The zero-order valence-electron chi connectivity index (χ0n) is 12.9. The van der Waals surface area contributed by atoms with Crippen LogP contribution in [0.15, 0.2) is 48.8 Å². The van der Waals surface area contributed by atoms with Gasteiger partial charge in [-0.2, -0.15) is 0 Å². The Morgan fingerprint density at radius 2 is 1.62 bits per heavy atom. The highest BCUT2D eigenvalue weighted by atomic mass is 35.5. The van der Waals surface area contributed by atoms with E-state index in [9.17, 15) is 18.0 Å². The van der Waals surface area contributed by atoms with E-state index in [-0.39, 0.29) is 27.9 Å². The van der Waals surface area contributed by atoms with Gasteiger partial charge in [0, 0.05) is 23.5 Å². The number of halogens is 4. The van der Waals surface area contributed by atoms with Crippen molar-refractivity contribution in [1.82, 2.24) is 9.97 Å². The maximum Gasteiger partial charge on any atom is 0.274 e. The largest absolute Gasteiger partial charge is 0.340 e. The second-order valence-electron chi connectivity index (χ2n) is 5.13. The first kappa shape index (κ1) is 17.7. The van der Waals surface area contributed by atoms with Crippen LogP contribution in [0.25, 0.3) is 0 Å². The van der Waals surface area contributed by atoms with Gasteiger partial charge in [0.15, 0.2) is 11.6 Å². The number of nitrogens with zero attached hydrogens (tertiary/aromatic N) is 2. The van der Waals surface area contributed by atoms with Crippen LogP contribution in [0.1, 0.15) is 10.5 Å². The topological polar surface area (TPSA) is 66.9 Å². The van der Waals surface area contributed by atoms with Gasteiger partial charge in [0.2, 0.25) is 0 Å². The number of carbonyl (C=O) groups is 1. The summed E-state index contributed by atoms with van der Waals surface area (Å²) >= 11 is 5.66. The van der Waals surface area contributed by atoms with Gasteiger partial charge >= 0.3 is 0 Å². The first-order valence-corrected chi connectivity index (χ1v) is 7.61. The average molecular weight is 379 g/mol. The fourth-order valence-corrected chi connectivity index (χ4v) is 2.22. The Balaban J connectivity index is 1.76. The first-order chi connectivity index (χ1) is 12.4. The summed E-state index contributed by atoms with van der Waals surface area (Å²) in [4.78, 5) is 20.0. The van der Waals surface area contributed by atoms with E-state index < -0.39 is 23.4 Å². The molecular weight excluding hydrogens is 369 g/mol. The summed E-state index contributed by atoms with van der Waals surface area (Å²) in [7, 11) is 0. The Labute approximate surface area is 150 Å². The monoisotopic (exact) mass is 378 g/mol. The van der Waals surface area contributed by atoms with Crippen LogP contribution in [0.4, 0.5) is 30.4 Å². The number of anilines is 3. The van der Waals surface area contributed by atoms with Crippen molar-refractivity contribution in [3.63, 3.8) is 0 Å². The third-order valence-corrected chi connectivity index (χ3v) is 3.56. The molecule has 0 aliphatic rings. The number of aromatic nitrogens is 2. The van der Waals surface area contributed by atoms with Crippen molar-refractivity contribution in [2.45, 2.75) is 0 Å². The van der Waals surface area contributed by atoms with E-state index in [0.717, 1.165) is 24.5 Å². The van der Waals surface area contributed by atoms with E-state index in [2.05, 4.69) is 20.6 Å². The van der Waals surface area contributed by atoms with E-state index in [1.165, 1.54) is 24.3 Å². The fraction of sp³-hybridized carbons (Fsp3) is 0. The average Bonchev–Trinajstić information content (AvgIpc) is 2.61. The van der Waals surface area contributed by atoms with Crippen molar-refractivity contribution in [2.75, 3.05) is 10.6 Å². The maximum atomic E-state index is 13.2. The van der Waals surface area contributed by atoms with Crippen LogP contribution in [0, 0.1) is 17.5 Å². The molecule has 1 aromatic heterocycles. The smallest absolute Gasteiger partial charge is 0.274 e. The normalized spacial score (nSPS) is 10.5. The van der Waals surface area contributed by atoms with Crippen LogP contribution < -0.4 is 10.6 Å². The number of hydrogen-bond donors (Lipinski definition) is 2. The minimum Gasteiger partial charge on any atom is -0.340 e. The molecule has 2 aromatic carbocycles. The third kappa shape index (κ3) is 4.09. The molecule has 0 radical (unpaired) electrons. The molecule has 2 N–H and O–H groups in total. The van der Waals surface area contributed by atoms with Gasteiger partial charge in [0.1, 0.15) is 23.7 Å². The van der Waals surface area contributed by atoms with Crippen LogP contribution >= 0.6 is 11.6 Å². The molecule has 0 atom stereocenters. The summed E-state index contributed by atoms with van der Waals surface area (Å²) in [6.45, 7) is 0. The molecule has 1 heterocycles. The lowest BCUT2D eigenvalue weighted by Gasteiger charge is -2.08. The number of benzene rings is 2. The molecule has 0 aliphatic heterocycles. The van der Waals surface area contributed by atoms with Crippen molar-refractivity contribution in [2.24, 2.45) is 0 Å². The number of rotatable bonds is 4. The van der Waals surface area contributed by atoms with E-state index in [1.807, 2.05) is 0 Å². The summed E-state index contributed by atoms with van der Waals surface area (Å²) in [5.41, 5.74) is 0.542. The summed E-state index contributed by atoms with van der Waals surface area (Å²) < 4.78 is 39.3. The molecule has 0 fully saturated rings. The molecule has 1 amide bonds. The SMILES string of the molecule is O=C(Nc1ccc(F)c(Cl)c1)c1cc(Nc2ccc(F)c(F)c2)ncn1. The summed E-state index contributed by atoms with van der Waals surface area (Å²) in [5, 5.41) is 5.12. The van der Waals surface area contributed by atoms with Crippen LogP contribution in [0.2, 0.25) is 5.02 Å². The molecule has 0 saturated carbocycles. The zero-order chi connectivity index (χ0) is 18.7. The maximum absolute atomic E-state index is 13.2. The standard InChI is InChI=1S/C17H10ClF3N4O/c18-11-5-9(1-3-12(11)19)25-17(26)15-7-16(23-8-22-15)24-10-2-4-13(20)14(21)6-10/h1-8H,(H,25,26)(H,22,23,24). The van der Waals surface area contributed by atoms with E-state index in [4.69, 9.17) is 11.6 Å². The highest BCUT2D eigenvalue weighted by Gasteiger charge is 2.11. The Morgan fingerprint density at radius 1 is 0.885 bits per heavy atom. The lowest BCUT2D eigenvalue weighted by molar-refractivity contribution is 0.102. The molecule has 3 aromatic rings. The van der Waals surface area contributed by atoms with Crippen molar-refractivity contribution < 1.29 is 18.0 Å². The minimum absolute atomic E-state index is 0.00512. The predicted octanol–water partition coefficient (Wildman–Crippen LogP) is 4.54. The van der Waals surface area contributed by atoms with Gasteiger partial charge in [0.05, 0.1) is 5.02 Å². The Bertz CT molecular complexity index is 984. The molecule has 5 nitrogen and oxygen atoms in total. The predicted molar refractivity (Wildman–Crippen MR) is 91.0 cm³/mol. The summed E-state index contributed by atoms with van der Waals surface area (Å²) in [5.74, 6) is -2.98. The van der Waals surface area contributed by atoms with Gasteiger partial charge in [-0.25, -0.2) is 23.1 Å². The first-order valence-electron chi connectivity index (χ1n) is 7.23. The Hall–Kier alpha value is -3.13. The van der Waals surface area contributed by atoms with Gasteiger partial charge in [-0.15, -0.1) is 0 Å². The van der Waals surface area contributed by atoms with Crippen LogP contribution in [0.3, 0.4) is 0 Å². The van der Waals surface area contributed by atoms with Crippen LogP contribution in [-0.2, 0) is 0 Å². The highest BCUT2D eigenvalue weighted by molar-refractivity contribution is 6.31. The lowest BCUT2D eigenvalue weighted by Crippen LogP contribution is -2.14. The van der Waals surface area contributed by atoms with E-state index in [0.29, 0.717) is 0 Å². The Kier molecular flexibility index (Phi) is 5.04. The molecule has 0 spiro atoms. The highest BCUT2D eigenvalue weighted by Crippen LogP contribution is 2.21. The van der Waals surface area contributed by atoms with Gasteiger partial charge in [-0.3, -0.25) is 4.79 Å². The zero-order valence-corrected chi connectivity index (χ0v) is 13.7. The number of carbonyl (C=O) groups excluding carboxylic acids is 1. The van der Waals surface area contributed by atoms with Crippen molar-refractivity contribution in [3.8, 4) is 0 Å². The van der Waals surface area contributed by atoms with Crippen molar-refractivity contribution in [3.05, 3.63) is 77.0 Å². The molecule has 3 rings (SSSR count). The molecule has 0 aliphatic carbocycles. The summed E-state index contributed by atoms with van der Waals surface area (Å²) in [6.07, 6.45) is 1.13. The second kappa shape index (κ2) is 7.40. The van der Waals surface area contributed by atoms with Crippen LogP contribution in [0.5, 0.6) is 0 Å². The summed E-state index contributed by atoms with van der Waals surface area (Å²) in [6, 6.07) is 8.29. The quantitative estimate of drug-likeness (QED) is 0.699. The molecule has 26 heavy (non-hydrogen) atoms. The fourth-order valence-electron chi connectivity index (χ4n) is 2.04. The van der Waals surface area contributed by atoms with E-state index >= 15 is 0 Å². The Morgan fingerprint density at radius 3 is 2.35 bits per heavy atom. The van der Waals surface area contributed by atoms with Gasteiger partial charge in [-0.1, -0.05) is 11.6 Å². The molecule has 0 saturated heterocycles. The van der Waals surface area contributed by atoms with E-state index in [1.54, 1.807) is 0 Å². The lowest BCUT2D eigenvalue weighted by atomic mass is 10.2. The van der Waals surface area contributed by atoms with Gasteiger partial charge in [-0.05, 0) is 30.3 Å².